The third-order valence-electron chi connectivity index (χ3n) is 3.46. The average Bonchev–Trinajstić information content (AvgIpc) is 2.67. The van der Waals surface area contributed by atoms with Crippen molar-refractivity contribution in [2.24, 2.45) is 4.99 Å². The third-order valence-corrected chi connectivity index (χ3v) is 4.50. The average molecular weight is 374 g/mol. The summed E-state index contributed by atoms with van der Waals surface area (Å²) in [5.41, 5.74) is 3.49. The van der Waals surface area contributed by atoms with Crippen molar-refractivity contribution in [2.75, 3.05) is 5.32 Å². The number of para-hydroxylation sites is 2. The highest BCUT2D eigenvalue weighted by molar-refractivity contribution is 6.68. The van der Waals surface area contributed by atoms with Crippen molar-refractivity contribution < 1.29 is 0 Å². The Morgan fingerprint density at radius 2 is 1.68 bits per heavy atom. The summed E-state index contributed by atoms with van der Waals surface area (Å²) >= 11 is 24.3. The fourth-order valence-electron chi connectivity index (χ4n) is 2.34. The summed E-state index contributed by atoms with van der Waals surface area (Å²) in [6.07, 6.45) is 0.493. The van der Waals surface area contributed by atoms with E-state index in [1.165, 1.54) is 0 Å². The van der Waals surface area contributed by atoms with Crippen molar-refractivity contribution >= 4 is 63.5 Å². The molecule has 0 aromatic heterocycles. The molecule has 1 atom stereocenters. The minimum absolute atomic E-state index is 0.379. The number of nitrogens with one attached hydrogen (secondary N) is 1. The van der Waals surface area contributed by atoms with Gasteiger partial charge in [0.25, 0.3) is 0 Å². The van der Waals surface area contributed by atoms with E-state index in [1.807, 2.05) is 48.5 Å². The van der Waals surface area contributed by atoms with Gasteiger partial charge in [0.1, 0.15) is 0 Å². The molecule has 0 saturated carbocycles. The van der Waals surface area contributed by atoms with Crippen molar-refractivity contribution in [3.8, 4) is 0 Å². The predicted molar refractivity (Wildman–Crippen MR) is 96.4 cm³/mol. The molecule has 0 radical (unpaired) electrons. The first-order chi connectivity index (χ1) is 10.4. The molecule has 0 spiro atoms. The van der Waals surface area contributed by atoms with Crippen molar-refractivity contribution in [2.45, 2.75) is 16.3 Å². The standard InChI is InChI=1S/C16H12Cl4N2/c17-11-7-5-10(6-8-11)14-9-15(16(18,19)20)22-13-4-2-1-3-12(13)21-14/h1-8,15,22H,9H2/t15-/m1/s1. The zero-order chi connectivity index (χ0) is 15.7. The number of aliphatic imine (C=N–C) groups is 1. The molecule has 0 saturated heterocycles. The Labute approximate surface area is 149 Å². The van der Waals surface area contributed by atoms with E-state index in [-0.39, 0.29) is 6.04 Å². The Bertz CT molecular complexity index is 705. The SMILES string of the molecule is Clc1ccc(C2=Nc3ccccc3N[C@@H](C(Cl)(Cl)Cl)C2)cc1. The van der Waals surface area contributed by atoms with Gasteiger partial charge in [0.05, 0.1) is 23.1 Å². The molecular weight excluding hydrogens is 362 g/mol. The van der Waals surface area contributed by atoms with Crippen LogP contribution in [-0.4, -0.2) is 15.5 Å². The Hall–Kier alpha value is -0.930. The monoisotopic (exact) mass is 372 g/mol. The molecule has 0 aliphatic carbocycles. The maximum absolute atomic E-state index is 6.12. The van der Waals surface area contributed by atoms with Gasteiger partial charge in [0, 0.05) is 11.4 Å². The number of halogens is 4. The zero-order valence-electron chi connectivity index (χ0n) is 11.4. The number of hydrogen-bond donors (Lipinski definition) is 1. The molecule has 1 aliphatic rings. The van der Waals surface area contributed by atoms with Gasteiger partial charge in [-0.2, -0.15) is 0 Å². The van der Waals surface area contributed by atoms with E-state index >= 15 is 0 Å². The first-order valence-electron chi connectivity index (χ1n) is 6.69. The van der Waals surface area contributed by atoms with Crippen molar-refractivity contribution in [3.63, 3.8) is 0 Å². The van der Waals surface area contributed by atoms with Gasteiger partial charge >= 0.3 is 0 Å². The normalized spacial score (nSPS) is 18.0. The van der Waals surface area contributed by atoms with Crippen LogP contribution >= 0.6 is 46.4 Å². The van der Waals surface area contributed by atoms with Crippen LogP contribution in [-0.2, 0) is 0 Å². The molecule has 22 heavy (non-hydrogen) atoms. The molecule has 1 aliphatic heterocycles. The van der Waals surface area contributed by atoms with Crippen molar-refractivity contribution in [3.05, 3.63) is 59.1 Å². The molecule has 2 aromatic rings. The lowest BCUT2D eigenvalue weighted by molar-refractivity contribution is 0.775. The second-order valence-electron chi connectivity index (χ2n) is 5.03. The van der Waals surface area contributed by atoms with Gasteiger partial charge in [-0.1, -0.05) is 70.7 Å². The molecule has 1 N–H and O–H groups in total. The van der Waals surface area contributed by atoms with Crippen molar-refractivity contribution in [1.29, 1.82) is 0 Å². The van der Waals surface area contributed by atoms with Crippen LogP contribution in [0.5, 0.6) is 0 Å². The van der Waals surface area contributed by atoms with Gasteiger partial charge < -0.3 is 5.32 Å². The van der Waals surface area contributed by atoms with Crippen LogP contribution in [0, 0.1) is 0 Å². The Balaban J connectivity index is 2.07. The first-order valence-corrected chi connectivity index (χ1v) is 8.20. The molecule has 6 heteroatoms. The lowest BCUT2D eigenvalue weighted by atomic mass is 10.0. The van der Waals surface area contributed by atoms with Crippen LogP contribution in [0.25, 0.3) is 0 Å². The Morgan fingerprint density at radius 1 is 1.00 bits per heavy atom. The van der Waals surface area contributed by atoms with E-state index in [9.17, 15) is 0 Å². The molecule has 3 rings (SSSR count). The molecule has 2 nitrogen and oxygen atoms in total. The molecule has 2 aromatic carbocycles. The molecular formula is C16H12Cl4N2. The van der Waals surface area contributed by atoms with E-state index in [4.69, 9.17) is 51.4 Å². The highest BCUT2D eigenvalue weighted by atomic mass is 35.6. The fraction of sp³-hybridized carbons (Fsp3) is 0.188. The summed E-state index contributed by atoms with van der Waals surface area (Å²) in [6.45, 7) is 0. The smallest absolute Gasteiger partial charge is 0.210 e. The maximum Gasteiger partial charge on any atom is 0.210 e. The minimum atomic E-state index is -1.44. The van der Waals surface area contributed by atoms with E-state index < -0.39 is 3.79 Å². The molecule has 0 fully saturated rings. The number of alkyl halides is 3. The van der Waals surface area contributed by atoms with E-state index in [0.717, 1.165) is 22.6 Å². The Kier molecular flexibility index (Phi) is 4.56. The number of fused-ring (bicyclic) bond motifs is 1. The van der Waals surface area contributed by atoms with Crippen LogP contribution in [0.4, 0.5) is 11.4 Å². The van der Waals surface area contributed by atoms with Crippen LogP contribution < -0.4 is 5.32 Å². The minimum Gasteiger partial charge on any atom is -0.376 e. The number of benzene rings is 2. The molecule has 0 unspecified atom stereocenters. The van der Waals surface area contributed by atoms with Crippen molar-refractivity contribution in [1.82, 2.24) is 0 Å². The predicted octanol–water partition coefficient (Wildman–Crippen LogP) is 6.02. The maximum atomic E-state index is 6.12. The summed E-state index contributed by atoms with van der Waals surface area (Å²) in [5.74, 6) is 0. The van der Waals surface area contributed by atoms with Gasteiger partial charge in [0.2, 0.25) is 3.79 Å². The molecule has 114 valence electrons. The lowest BCUT2D eigenvalue weighted by Crippen LogP contribution is -2.35. The van der Waals surface area contributed by atoms with Gasteiger partial charge in [-0.3, -0.25) is 4.99 Å². The second kappa shape index (κ2) is 6.29. The number of anilines is 1. The van der Waals surface area contributed by atoms with Gasteiger partial charge in [0.15, 0.2) is 0 Å². The lowest BCUT2D eigenvalue weighted by Gasteiger charge is -2.25. The third kappa shape index (κ3) is 3.52. The van der Waals surface area contributed by atoms with E-state index in [0.29, 0.717) is 11.4 Å². The van der Waals surface area contributed by atoms with Crippen LogP contribution in [0.3, 0.4) is 0 Å². The first kappa shape index (κ1) is 15.9. The summed E-state index contributed by atoms with van der Waals surface area (Å²) in [6, 6.07) is 14.8. The van der Waals surface area contributed by atoms with Gasteiger partial charge in [-0.25, -0.2) is 0 Å². The van der Waals surface area contributed by atoms with Gasteiger partial charge in [-0.05, 0) is 29.8 Å². The van der Waals surface area contributed by atoms with Crippen LogP contribution in [0.1, 0.15) is 12.0 Å². The number of hydrogen-bond acceptors (Lipinski definition) is 2. The summed E-state index contributed by atoms with van der Waals surface area (Å²) in [5, 5.41) is 3.95. The number of nitrogens with zero attached hydrogens (tertiary/aromatic N) is 1. The number of rotatable bonds is 1. The summed E-state index contributed by atoms with van der Waals surface area (Å²) < 4.78 is -1.44. The summed E-state index contributed by atoms with van der Waals surface area (Å²) in [4.78, 5) is 4.74. The summed E-state index contributed by atoms with van der Waals surface area (Å²) in [7, 11) is 0. The van der Waals surface area contributed by atoms with Crippen LogP contribution in [0.2, 0.25) is 5.02 Å². The van der Waals surface area contributed by atoms with E-state index in [2.05, 4.69) is 5.32 Å². The quantitative estimate of drug-likeness (QED) is 0.607. The van der Waals surface area contributed by atoms with Gasteiger partial charge in [-0.15, -0.1) is 0 Å². The second-order valence-corrected chi connectivity index (χ2v) is 7.83. The zero-order valence-corrected chi connectivity index (χ0v) is 14.4. The largest absolute Gasteiger partial charge is 0.376 e. The highest BCUT2D eigenvalue weighted by Gasteiger charge is 2.35. The fourth-order valence-corrected chi connectivity index (χ4v) is 2.86. The molecule has 0 bridgehead atoms. The highest BCUT2D eigenvalue weighted by Crippen LogP contribution is 2.39. The molecule has 0 amide bonds. The van der Waals surface area contributed by atoms with E-state index in [1.54, 1.807) is 0 Å². The van der Waals surface area contributed by atoms with Crippen LogP contribution in [0.15, 0.2) is 53.5 Å². The molecule has 1 heterocycles. The topological polar surface area (TPSA) is 24.4 Å². The Morgan fingerprint density at radius 3 is 2.36 bits per heavy atom.